The molecular weight excluding hydrogens is 358 g/mol. The number of nitrogens with two attached hydrogens (primary N) is 1. The van der Waals surface area contributed by atoms with Crippen LogP contribution in [0.4, 0.5) is 22.0 Å². The number of nitrogens with zero attached hydrogens (tertiary/aromatic N) is 2. The molecule has 2 amide bonds. The molecule has 0 spiro atoms. The van der Waals surface area contributed by atoms with E-state index in [1.807, 2.05) is 25.1 Å². The standard InChI is InChI=1S/C20H25N5O3/c1-11-14(9-15(26)25-17-16(11)22-10-23-18(17)21)12-6-5-7-13(8-12)24-19(27)28-20(2,3)4/h5-8,10-11,14H,9H2,1-4H3,(H,24,27)(H,25,26)(H2,21,22,23). The van der Waals surface area contributed by atoms with E-state index in [0.29, 0.717) is 17.1 Å². The Morgan fingerprint density at radius 1 is 1.32 bits per heavy atom. The number of nitrogen functional groups attached to an aromatic ring is 1. The zero-order valence-corrected chi connectivity index (χ0v) is 16.4. The normalized spacial score (nSPS) is 19.2. The molecule has 8 heteroatoms. The number of hydrogen-bond donors (Lipinski definition) is 3. The summed E-state index contributed by atoms with van der Waals surface area (Å²) in [6.45, 7) is 7.42. The van der Waals surface area contributed by atoms with Crippen molar-refractivity contribution in [3.8, 4) is 0 Å². The number of ether oxygens (including phenoxy) is 1. The summed E-state index contributed by atoms with van der Waals surface area (Å²) in [6.07, 6.45) is 1.15. The van der Waals surface area contributed by atoms with E-state index in [9.17, 15) is 9.59 Å². The Morgan fingerprint density at radius 2 is 2.07 bits per heavy atom. The summed E-state index contributed by atoms with van der Waals surface area (Å²) in [4.78, 5) is 32.8. The zero-order chi connectivity index (χ0) is 20.5. The first-order valence-corrected chi connectivity index (χ1v) is 9.14. The van der Waals surface area contributed by atoms with Crippen molar-refractivity contribution >= 4 is 29.2 Å². The van der Waals surface area contributed by atoms with Gasteiger partial charge in [0.2, 0.25) is 5.91 Å². The lowest BCUT2D eigenvalue weighted by atomic mass is 9.83. The van der Waals surface area contributed by atoms with Crippen LogP contribution in [0.3, 0.4) is 0 Å². The molecule has 2 heterocycles. The maximum atomic E-state index is 12.4. The maximum absolute atomic E-state index is 12.4. The SMILES string of the molecule is CC1c2ncnc(N)c2NC(=O)CC1c1cccc(NC(=O)OC(C)(C)C)c1. The second kappa shape index (κ2) is 7.46. The first-order chi connectivity index (χ1) is 13.1. The molecule has 148 valence electrons. The van der Waals surface area contributed by atoms with Gasteiger partial charge in [0.1, 0.15) is 17.6 Å². The number of nitrogens with one attached hydrogen (secondary N) is 2. The number of carbonyl (C=O) groups is 2. The molecule has 1 aliphatic heterocycles. The Morgan fingerprint density at radius 3 is 2.79 bits per heavy atom. The van der Waals surface area contributed by atoms with E-state index in [0.717, 1.165) is 5.56 Å². The van der Waals surface area contributed by atoms with Crippen molar-refractivity contribution in [2.45, 2.75) is 51.6 Å². The van der Waals surface area contributed by atoms with Crippen molar-refractivity contribution in [2.75, 3.05) is 16.4 Å². The number of benzene rings is 1. The summed E-state index contributed by atoms with van der Waals surface area (Å²) in [6, 6.07) is 7.41. The highest BCUT2D eigenvalue weighted by Gasteiger charge is 2.32. The van der Waals surface area contributed by atoms with Crippen LogP contribution in [0, 0.1) is 0 Å². The smallest absolute Gasteiger partial charge is 0.412 e. The minimum absolute atomic E-state index is 0.0731. The van der Waals surface area contributed by atoms with Crippen molar-refractivity contribution in [1.29, 1.82) is 0 Å². The highest BCUT2D eigenvalue weighted by molar-refractivity contribution is 5.95. The van der Waals surface area contributed by atoms with E-state index in [1.165, 1.54) is 6.33 Å². The molecule has 28 heavy (non-hydrogen) atoms. The topological polar surface area (TPSA) is 119 Å². The molecule has 2 atom stereocenters. The fourth-order valence-electron chi connectivity index (χ4n) is 3.32. The van der Waals surface area contributed by atoms with E-state index < -0.39 is 11.7 Å². The van der Waals surface area contributed by atoms with Crippen LogP contribution >= 0.6 is 0 Å². The Kier molecular flexibility index (Phi) is 5.22. The van der Waals surface area contributed by atoms with E-state index in [4.69, 9.17) is 10.5 Å². The van der Waals surface area contributed by atoms with Crippen molar-refractivity contribution in [2.24, 2.45) is 0 Å². The molecule has 1 aliphatic rings. The zero-order valence-electron chi connectivity index (χ0n) is 16.4. The number of rotatable bonds is 2. The van der Waals surface area contributed by atoms with Gasteiger partial charge in [-0.3, -0.25) is 10.1 Å². The molecule has 1 aromatic heterocycles. The van der Waals surface area contributed by atoms with Crippen LogP contribution < -0.4 is 16.4 Å². The van der Waals surface area contributed by atoms with Gasteiger partial charge in [0.15, 0.2) is 5.82 Å². The summed E-state index contributed by atoms with van der Waals surface area (Å²) in [7, 11) is 0. The van der Waals surface area contributed by atoms with Gasteiger partial charge in [-0.15, -0.1) is 0 Å². The molecule has 4 N–H and O–H groups in total. The van der Waals surface area contributed by atoms with Crippen molar-refractivity contribution in [3.63, 3.8) is 0 Å². The number of amides is 2. The third-order valence-corrected chi connectivity index (χ3v) is 4.57. The van der Waals surface area contributed by atoms with Crippen LogP contribution in [-0.2, 0) is 9.53 Å². The molecule has 2 unspecified atom stereocenters. The highest BCUT2D eigenvalue weighted by Crippen LogP contribution is 2.41. The summed E-state index contributed by atoms with van der Waals surface area (Å²) < 4.78 is 5.30. The summed E-state index contributed by atoms with van der Waals surface area (Å²) in [5, 5.41) is 5.56. The Hall–Kier alpha value is -3.16. The van der Waals surface area contributed by atoms with E-state index in [1.54, 1.807) is 26.8 Å². The number of carbonyl (C=O) groups excluding carboxylic acids is 2. The van der Waals surface area contributed by atoms with Crippen LogP contribution in [0.5, 0.6) is 0 Å². The van der Waals surface area contributed by atoms with E-state index in [2.05, 4.69) is 20.6 Å². The summed E-state index contributed by atoms with van der Waals surface area (Å²) >= 11 is 0. The first kappa shape index (κ1) is 19.6. The van der Waals surface area contributed by atoms with E-state index >= 15 is 0 Å². The molecule has 0 aliphatic carbocycles. The third kappa shape index (κ3) is 4.39. The second-order valence-electron chi connectivity index (χ2n) is 7.92. The van der Waals surface area contributed by atoms with Crippen LogP contribution in [0.2, 0.25) is 0 Å². The van der Waals surface area contributed by atoms with Crippen LogP contribution in [0.1, 0.15) is 57.2 Å². The van der Waals surface area contributed by atoms with Gasteiger partial charge >= 0.3 is 6.09 Å². The van der Waals surface area contributed by atoms with Gasteiger partial charge < -0.3 is 15.8 Å². The van der Waals surface area contributed by atoms with Crippen LogP contribution in [-0.4, -0.2) is 27.6 Å². The minimum Gasteiger partial charge on any atom is -0.444 e. The van der Waals surface area contributed by atoms with Gasteiger partial charge in [0.25, 0.3) is 0 Å². The monoisotopic (exact) mass is 383 g/mol. The number of aromatic nitrogens is 2. The number of fused-ring (bicyclic) bond motifs is 1. The van der Waals surface area contributed by atoms with Crippen molar-refractivity contribution in [1.82, 2.24) is 9.97 Å². The molecule has 0 saturated heterocycles. The molecule has 3 rings (SSSR count). The van der Waals surface area contributed by atoms with Crippen molar-refractivity contribution in [3.05, 3.63) is 41.9 Å². The molecular formula is C20H25N5O3. The van der Waals surface area contributed by atoms with Gasteiger partial charge in [-0.05, 0) is 38.5 Å². The Balaban J connectivity index is 1.88. The Bertz CT molecular complexity index is 907. The fourth-order valence-corrected chi connectivity index (χ4v) is 3.32. The lowest BCUT2D eigenvalue weighted by molar-refractivity contribution is -0.116. The third-order valence-electron chi connectivity index (χ3n) is 4.57. The quantitative estimate of drug-likeness (QED) is 0.728. The van der Waals surface area contributed by atoms with Gasteiger partial charge in [0.05, 0.1) is 5.69 Å². The number of hydrogen-bond acceptors (Lipinski definition) is 6. The first-order valence-electron chi connectivity index (χ1n) is 9.14. The molecule has 2 aromatic rings. The summed E-state index contributed by atoms with van der Waals surface area (Å²) in [5.41, 5.74) is 8.04. The number of anilines is 3. The molecule has 0 radical (unpaired) electrons. The average Bonchev–Trinajstić information content (AvgIpc) is 2.71. The van der Waals surface area contributed by atoms with Gasteiger partial charge in [-0.2, -0.15) is 0 Å². The lowest BCUT2D eigenvalue weighted by Gasteiger charge is -2.23. The predicted octanol–water partition coefficient (Wildman–Crippen LogP) is 3.64. The highest BCUT2D eigenvalue weighted by atomic mass is 16.6. The van der Waals surface area contributed by atoms with Gasteiger partial charge in [0, 0.05) is 23.9 Å². The lowest BCUT2D eigenvalue weighted by Crippen LogP contribution is -2.27. The largest absolute Gasteiger partial charge is 0.444 e. The van der Waals surface area contributed by atoms with Gasteiger partial charge in [-0.1, -0.05) is 19.1 Å². The average molecular weight is 383 g/mol. The van der Waals surface area contributed by atoms with Crippen molar-refractivity contribution < 1.29 is 14.3 Å². The summed E-state index contributed by atoms with van der Waals surface area (Å²) in [5.74, 6) is -0.0965. The fraction of sp³-hybridized carbons (Fsp3) is 0.400. The molecule has 0 saturated carbocycles. The molecule has 1 aromatic carbocycles. The molecule has 0 fully saturated rings. The van der Waals surface area contributed by atoms with Gasteiger partial charge in [-0.25, -0.2) is 14.8 Å². The molecule has 8 nitrogen and oxygen atoms in total. The minimum atomic E-state index is -0.584. The van der Waals surface area contributed by atoms with E-state index in [-0.39, 0.29) is 30.0 Å². The molecule has 0 bridgehead atoms. The maximum Gasteiger partial charge on any atom is 0.412 e. The Labute approximate surface area is 163 Å². The van der Waals surface area contributed by atoms with Crippen LogP contribution in [0.25, 0.3) is 0 Å². The second-order valence-corrected chi connectivity index (χ2v) is 7.92. The predicted molar refractivity (Wildman–Crippen MR) is 107 cm³/mol. The van der Waals surface area contributed by atoms with Crippen LogP contribution in [0.15, 0.2) is 30.6 Å².